The van der Waals surface area contributed by atoms with Crippen molar-refractivity contribution in [3.05, 3.63) is 35.9 Å². The Kier molecular flexibility index (Phi) is 8.07. The van der Waals surface area contributed by atoms with Gasteiger partial charge in [0.15, 0.2) is 0 Å². The number of ether oxygens (including phenoxy) is 2. The lowest BCUT2D eigenvalue weighted by Crippen LogP contribution is -2.09. The van der Waals surface area contributed by atoms with Crippen LogP contribution in [0.5, 0.6) is 0 Å². The predicted octanol–water partition coefficient (Wildman–Crippen LogP) is 3.29. The molecule has 1 aromatic carbocycles. The lowest BCUT2D eigenvalue weighted by Gasteiger charge is -2.09. The Morgan fingerprint density at radius 2 is 1.47 bits per heavy atom. The minimum atomic E-state index is -0.291. The summed E-state index contributed by atoms with van der Waals surface area (Å²) in [5.74, 6) is -0.291. The third-order valence-corrected chi connectivity index (χ3v) is 1.74. The number of benzene rings is 1. The van der Waals surface area contributed by atoms with Crippen molar-refractivity contribution in [3.8, 4) is 0 Å². The molecular weight excluding hydrogens is 216 g/mol. The molecule has 0 amide bonds. The third kappa shape index (κ3) is 8.46. The summed E-state index contributed by atoms with van der Waals surface area (Å²) in [6, 6.07) is 8.88. The third-order valence-electron chi connectivity index (χ3n) is 1.74. The molecule has 1 rings (SSSR count). The zero-order valence-electron chi connectivity index (χ0n) is 11.3. The van der Waals surface area contributed by atoms with Crippen LogP contribution in [0.2, 0.25) is 0 Å². The van der Waals surface area contributed by atoms with Crippen LogP contribution >= 0.6 is 0 Å². The zero-order valence-corrected chi connectivity index (χ0v) is 11.3. The zero-order chi connectivity index (χ0) is 13.3. The first-order chi connectivity index (χ1) is 7.97. The van der Waals surface area contributed by atoms with Gasteiger partial charge in [0.1, 0.15) is 0 Å². The summed E-state index contributed by atoms with van der Waals surface area (Å²) >= 11 is 0. The van der Waals surface area contributed by atoms with Crippen molar-refractivity contribution in [3.63, 3.8) is 0 Å². The summed E-state index contributed by atoms with van der Waals surface area (Å²) in [4.78, 5) is 10.8. The Bertz CT molecular complexity index is 299. The van der Waals surface area contributed by atoms with Gasteiger partial charge < -0.3 is 9.47 Å². The van der Waals surface area contributed by atoms with Crippen molar-refractivity contribution in [1.29, 1.82) is 0 Å². The molecule has 0 saturated carbocycles. The van der Waals surface area contributed by atoms with E-state index in [1.54, 1.807) is 24.3 Å². The van der Waals surface area contributed by atoms with Gasteiger partial charge in [-0.1, -0.05) is 18.2 Å². The molecule has 96 valence electrons. The second-order valence-corrected chi connectivity index (χ2v) is 4.09. The number of rotatable bonds is 3. The summed E-state index contributed by atoms with van der Waals surface area (Å²) in [5, 5.41) is 0. The summed E-state index contributed by atoms with van der Waals surface area (Å²) < 4.78 is 9.75. The summed E-state index contributed by atoms with van der Waals surface area (Å²) in [6.45, 7) is 8.17. The molecular formula is C14H22O3. The fourth-order valence-electron chi connectivity index (χ4n) is 1.24. The highest BCUT2D eigenvalue weighted by Crippen LogP contribution is 1.98. The predicted molar refractivity (Wildman–Crippen MR) is 69.1 cm³/mol. The lowest BCUT2D eigenvalue weighted by atomic mass is 10.2. The minimum Gasteiger partial charge on any atom is -0.465 e. The van der Waals surface area contributed by atoms with Gasteiger partial charge >= 0.3 is 5.97 Å². The van der Waals surface area contributed by atoms with Crippen molar-refractivity contribution < 1.29 is 14.3 Å². The second kappa shape index (κ2) is 8.76. The molecule has 0 radical (unpaired) electrons. The Hall–Kier alpha value is -1.35. The Morgan fingerprint density at radius 3 is 1.76 bits per heavy atom. The first-order valence-corrected chi connectivity index (χ1v) is 5.76. The highest BCUT2D eigenvalue weighted by Gasteiger charge is 2.00. The van der Waals surface area contributed by atoms with Crippen molar-refractivity contribution in [2.45, 2.75) is 39.9 Å². The van der Waals surface area contributed by atoms with E-state index in [1.165, 1.54) is 7.11 Å². The molecule has 0 fully saturated rings. The van der Waals surface area contributed by atoms with Crippen molar-refractivity contribution in [1.82, 2.24) is 0 Å². The maximum atomic E-state index is 10.8. The van der Waals surface area contributed by atoms with Crippen molar-refractivity contribution in [2.24, 2.45) is 0 Å². The highest BCUT2D eigenvalue weighted by atomic mass is 16.5. The molecule has 0 atom stereocenters. The van der Waals surface area contributed by atoms with E-state index < -0.39 is 0 Å². The smallest absolute Gasteiger partial charge is 0.337 e. The molecule has 3 nitrogen and oxygen atoms in total. The molecule has 3 heteroatoms. The Balaban J connectivity index is 0.000000325. The van der Waals surface area contributed by atoms with Crippen LogP contribution in [0.1, 0.15) is 38.1 Å². The molecule has 0 bridgehead atoms. The van der Waals surface area contributed by atoms with E-state index in [2.05, 4.69) is 4.74 Å². The van der Waals surface area contributed by atoms with E-state index in [0.717, 1.165) is 0 Å². The number of carbonyl (C=O) groups excluding carboxylic acids is 1. The summed E-state index contributed by atoms with van der Waals surface area (Å²) in [5.41, 5.74) is 0.588. The lowest BCUT2D eigenvalue weighted by molar-refractivity contribution is 0.0300. The summed E-state index contributed by atoms with van der Waals surface area (Å²) in [6.07, 6.45) is 0.750. The molecule has 0 aromatic heterocycles. The average Bonchev–Trinajstić information content (AvgIpc) is 2.28. The Labute approximate surface area is 104 Å². The number of hydrogen-bond acceptors (Lipinski definition) is 3. The van der Waals surface area contributed by atoms with Gasteiger partial charge in [0.05, 0.1) is 24.9 Å². The molecule has 0 heterocycles. The molecule has 0 unspecified atom stereocenters. The van der Waals surface area contributed by atoms with Gasteiger partial charge in [0.2, 0.25) is 0 Å². The van der Waals surface area contributed by atoms with Crippen LogP contribution in [0.4, 0.5) is 0 Å². The molecule has 0 N–H and O–H groups in total. The fraction of sp³-hybridized carbons (Fsp3) is 0.500. The molecule has 0 aliphatic carbocycles. The van der Waals surface area contributed by atoms with Crippen LogP contribution in [0.25, 0.3) is 0 Å². The molecule has 0 spiro atoms. The largest absolute Gasteiger partial charge is 0.465 e. The molecule has 0 aliphatic rings. The first-order valence-electron chi connectivity index (χ1n) is 5.76. The van der Waals surface area contributed by atoms with Crippen LogP contribution < -0.4 is 0 Å². The normalized spacial score (nSPS) is 9.82. The van der Waals surface area contributed by atoms with Gasteiger partial charge in [-0.05, 0) is 39.8 Å². The van der Waals surface area contributed by atoms with E-state index in [4.69, 9.17) is 4.74 Å². The highest BCUT2D eigenvalue weighted by molar-refractivity contribution is 5.89. The minimum absolute atomic E-state index is 0.291. The van der Waals surface area contributed by atoms with E-state index in [1.807, 2.05) is 33.8 Å². The van der Waals surface area contributed by atoms with Gasteiger partial charge in [0, 0.05) is 0 Å². The topological polar surface area (TPSA) is 35.5 Å². The monoisotopic (exact) mass is 238 g/mol. The van der Waals surface area contributed by atoms with Crippen molar-refractivity contribution in [2.75, 3.05) is 7.11 Å². The van der Waals surface area contributed by atoms with Gasteiger partial charge in [-0.2, -0.15) is 0 Å². The van der Waals surface area contributed by atoms with Crippen LogP contribution in [0, 0.1) is 0 Å². The summed E-state index contributed by atoms with van der Waals surface area (Å²) in [7, 11) is 1.37. The van der Waals surface area contributed by atoms with E-state index in [9.17, 15) is 4.79 Å². The maximum Gasteiger partial charge on any atom is 0.337 e. The number of carbonyl (C=O) groups is 1. The SMILES string of the molecule is CC(C)OC(C)C.COC(=O)c1ccccc1. The second-order valence-electron chi connectivity index (χ2n) is 4.09. The average molecular weight is 238 g/mol. The standard InChI is InChI=1S/C8H8O2.C6H14O/c1-10-8(9)7-5-3-2-4-6-7;1-5(2)7-6(3)4/h2-6H,1H3;5-6H,1-4H3. The first kappa shape index (κ1) is 15.7. The fourth-order valence-corrected chi connectivity index (χ4v) is 1.24. The van der Waals surface area contributed by atoms with Crippen LogP contribution in [0.15, 0.2) is 30.3 Å². The number of methoxy groups -OCH3 is 1. The van der Waals surface area contributed by atoms with Gasteiger partial charge in [0.25, 0.3) is 0 Å². The van der Waals surface area contributed by atoms with Crippen LogP contribution in [-0.2, 0) is 9.47 Å². The van der Waals surface area contributed by atoms with Gasteiger partial charge in [-0.3, -0.25) is 0 Å². The molecule has 17 heavy (non-hydrogen) atoms. The van der Waals surface area contributed by atoms with Crippen LogP contribution in [-0.4, -0.2) is 25.3 Å². The quantitative estimate of drug-likeness (QED) is 0.758. The van der Waals surface area contributed by atoms with Gasteiger partial charge in [-0.15, -0.1) is 0 Å². The Morgan fingerprint density at radius 1 is 1.00 bits per heavy atom. The van der Waals surface area contributed by atoms with Crippen LogP contribution in [0.3, 0.4) is 0 Å². The number of esters is 1. The van der Waals surface area contributed by atoms with Crippen molar-refractivity contribution >= 4 is 5.97 Å². The number of hydrogen-bond donors (Lipinski definition) is 0. The molecule has 0 aliphatic heterocycles. The maximum absolute atomic E-state index is 10.8. The molecule has 0 saturated heterocycles. The van der Waals surface area contributed by atoms with E-state index >= 15 is 0 Å². The van der Waals surface area contributed by atoms with Gasteiger partial charge in [-0.25, -0.2) is 4.79 Å². The molecule has 1 aromatic rings. The van der Waals surface area contributed by atoms with E-state index in [0.29, 0.717) is 17.8 Å². The van der Waals surface area contributed by atoms with E-state index in [-0.39, 0.29) is 5.97 Å².